The van der Waals surface area contributed by atoms with Gasteiger partial charge in [0, 0.05) is 17.8 Å². The van der Waals surface area contributed by atoms with E-state index in [1.807, 2.05) is 4.68 Å². The van der Waals surface area contributed by atoms with Gasteiger partial charge in [0.15, 0.2) is 5.69 Å². The van der Waals surface area contributed by atoms with Crippen LogP contribution in [0.3, 0.4) is 0 Å². The number of aromatic nitrogens is 2. The highest BCUT2D eigenvalue weighted by Crippen LogP contribution is 2.31. The first-order valence-corrected chi connectivity index (χ1v) is 9.30. The Bertz CT molecular complexity index is 788. The Hall–Kier alpha value is -2.14. The van der Waals surface area contributed by atoms with Crippen molar-refractivity contribution in [3.63, 3.8) is 0 Å². The number of carbonyl (C=O) groups is 1. The zero-order valence-corrected chi connectivity index (χ0v) is 14.7. The van der Waals surface area contributed by atoms with Gasteiger partial charge in [0.1, 0.15) is 0 Å². The number of nitrogens with one attached hydrogen (secondary N) is 1. The lowest BCUT2D eigenvalue weighted by atomic mass is 9.80. The lowest BCUT2D eigenvalue weighted by molar-refractivity contribution is -0.0300. The molecule has 0 bridgehead atoms. The normalized spacial score (nSPS) is 17.8. The van der Waals surface area contributed by atoms with E-state index in [2.05, 4.69) is 41.6 Å². The molecule has 0 atom stereocenters. The number of rotatable bonds is 5. The van der Waals surface area contributed by atoms with Crippen LogP contribution in [0.25, 0.3) is 5.69 Å². The van der Waals surface area contributed by atoms with Gasteiger partial charge in [-0.05, 0) is 62.6 Å². The van der Waals surface area contributed by atoms with E-state index >= 15 is 0 Å². The Morgan fingerprint density at radius 1 is 1.24 bits per heavy atom. The molecule has 2 N–H and O–H groups in total. The summed E-state index contributed by atoms with van der Waals surface area (Å²) < 4.78 is 1.93. The molecular weight excluding hydrogens is 314 g/mol. The third-order valence-electron chi connectivity index (χ3n) is 5.60. The Morgan fingerprint density at radius 2 is 2.00 bits per heavy atom. The van der Waals surface area contributed by atoms with E-state index in [9.17, 15) is 9.90 Å². The van der Waals surface area contributed by atoms with Crippen LogP contribution in [0.4, 0.5) is 0 Å². The highest BCUT2D eigenvalue weighted by atomic mass is 16.3. The quantitative estimate of drug-likeness (QED) is 0.880. The highest BCUT2D eigenvalue weighted by Gasteiger charge is 2.35. The van der Waals surface area contributed by atoms with Gasteiger partial charge in [-0.15, -0.1) is 0 Å². The van der Waals surface area contributed by atoms with Gasteiger partial charge in [0.25, 0.3) is 5.91 Å². The zero-order chi connectivity index (χ0) is 17.4. The third kappa shape index (κ3) is 2.97. The molecule has 1 saturated carbocycles. The summed E-state index contributed by atoms with van der Waals surface area (Å²) in [5.41, 5.74) is 4.33. The van der Waals surface area contributed by atoms with E-state index in [4.69, 9.17) is 0 Å². The van der Waals surface area contributed by atoms with E-state index < -0.39 is 5.60 Å². The minimum absolute atomic E-state index is 0.164. The Balaban J connectivity index is 1.59. The van der Waals surface area contributed by atoms with Crippen LogP contribution in [-0.4, -0.2) is 32.9 Å². The number of carbonyl (C=O) groups excluding carboxylic acids is 1. The predicted molar refractivity (Wildman–Crippen MR) is 96.1 cm³/mol. The van der Waals surface area contributed by atoms with Gasteiger partial charge in [-0.2, -0.15) is 5.10 Å². The Morgan fingerprint density at radius 3 is 2.64 bits per heavy atom. The molecule has 132 valence electrons. The second-order valence-electron chi connectivity index (χ2n) is 7.32. The van der Waals surface area contributed by atoms with Crippen molar-refractivity contribution in [1.82, 2.24) is 15.1 Å². The molecule has 0 saturated heterocycles. The molecule has 0 spiro atoms. The first-order chi connectivity index (χ1) is 12.1. The second-order valence-corrected chi connectivity index (χ2v) is 7.32. The van der Waals surface area contributed by atoms with Crippen molar-refractivity contribution in [2.24, 2.45) is 0 Å². The summed E-state index contributed by atoms with van der Waals surface area (Å²) in [7, 11) is 0. The number of fused-ring (bicyclic) bond motifs is 1. The number of aliphatic hydroxyl groups is 1. The van der Waals surface area contributed by atoms with E-state index in [0.717, 1.165) is 61.9 Å². The zero-order valence-electron chi connectivity index (χ0n) is 14.7. The van der Waals surface area contributed by atoms with Crippen molar-refractivity contribution < 1.29 is 9.90 Å². The molecule has 1 fully saturated rings. The van der Waals surface area contributed by atoms with Crippen LogP contribution < -0.4 is 5.32 Å². The molecule has 1 aromatic heterocycles. The van der Waals surface area contributed by atoms with Gasteiger partial charge in [0.05, 0.1) is 11.3 Å². The van der Waals surface area contributed by atoms with Crippen LogP contribution in [0.5, 0.6) is 0 Å². The van der Waals surface area contributed by atoms with Crippen LogP contribution in [0.1, 0.15) is 59.9 Å². The van der Waals surface area contributed by atoms with Gasteiger partial charge in [0.2, 0.25) is 0 Å². The molecule has 5 nitrogen and oxygen atoms in total. The van der Waals surface area contributed by atoms with Crippen molar-refractivity contribution in [2.45, 2.75) is 57.5 Å². The lowest BCUT2D eigenvalue weighted by Crippen LogP contribution is -2.47. The van der Waals surface area contributed by atoms with Crippen LogP contribution in [0.15, 0.2) is 24.3 Å². The second kappa shape index (κ2) is 6.30. The molecule has 1 amide bonds. The van der Waals surface area contributed by atoms with Gasteiger partial charge in [-0.25, -0.2) is 4.68 Å². The molecule has 0 aliphatic heterocycles. The molecule has 5 heteroatoms. The maximum Gasteiger partial charge on any atom is 0.272 e. The van der Waals surface area contributed by atoms with E-state index in [0.29, 0.717) is 12.2 Å². The SMILES string of the molecule is CCc1ccc(-n2nc(C(=O)NCC3(O)CCC3)c3c2CCC3)cc1. The number of amides is 1. The van der Waals surface area contributed by atoms with Gasteiger partial charge in [-0.3, -0.25) is 4.79 Å². The first-order valence-electron chi connectivity index (χ1n) is 9.30. The number of hydrogen-bond donors (Lipinski definition) is 2. The molecule has 2 aliphatic carbocycles. The minimum atomic E-state index is -0.711. The van der Waals surface area contributed by atoms with Crippen molar-refractivity contribution in [1.29, 1.82) is 0 Å². The lowest BCUT2D eigenvalue weighted by Gasteiger charge is -2.36. The number of hydrogen-bond acceptors (Lipinski definition) is 3. The maximum atomic E-state index is 12.6. The first kappa shape index (κ1) is 16.3. The van der Waals surface area contributed by atoms with Crippen LogP contribution in [-0.2, 0) is 19.3 Å². The molecule has 0 unspecified atom stereocenters. The van der Waals surface area contributed by atoms with E-state index in [1.54, 1.807) is 0 Å². The average molecular weight is 339 g/mol. The highest BCUT2D eigenvalue weighted by molar-refractivity contribution is 5.94. The van der Waals surface area contributed by atoms with Gasteiger partial charge in [-0.1, -0.05) is 19.1 Å². The fourth-order valence-corrected chi connectivity index (χ4v) is 3.80. The predicted octanol–water partition coefficient (Wildman–Crippen LogP) is 2.57. The summed E-state index contributed by atoms with van der Waals surface area (Å²) in [5, 5.41) is 17.7. The fraction of sp³-hybridized carbons (Fsp3) is 0.500. The Kier molecular flexibility index (Phi) is 4.12. The monoisotopic (exact) mass is 339 g/mol. The van der Waals surface area contributed by atoms with Crippen LogP contribution in [0.2, 0.25) is 0 Å². The smallest absolute Gasteiger partial charge is 0.272 e. The molecular formula is C20H25N3O2. The maximum absolute atomic E-state index is 12.6. The molecule has 0 radical (unpaired) electrons. The minimum Gasteiger partial charge on any atom is -0.388 e. The standard InChI is InChI=1S/C20H25N3O2/c1-2-14-7-9-15(10-8-14)23-17-6-3-5-16(17)18(22-23)19(24)21-13-20(25)11-4-12-20/h7-10,25H,2-6,11-13H2,1H3,(H,21,24). The molecule has 1 aromatic carbocycles. The fourth-order valence-electron chi connectivity index (χ4n) is 3.80. The Labute approximate surface area is 148 Å². The molecule has 1 heterocycles. The summed E-state index contributed by atoms with van der Waals surface area (Å²) in [6.07, 6.45) is 6.49. The summed E-state index contributed by atoms with van der Waals surface area (Å²) in [6.45, 7) is 2.46. The largest absolute Gasteiger partial charge is 0.388 e. The number of aryl methyl sites for hydroxylation is 1. The van der Waals surface area contributed by atoms with Crippen molar-refractivity contribution in [3.05, 3.63) is 46.8 Å². The van der Waals surface area contributed by atoms with Crippen molar-refractivity contribution in [3.8, 4) is 5.69 Å². The topological polar surface area (TPSA) is 67.2 Å². The molecule has 2 aromatic rings. The van der Waals surface area contributed by atoms with Crippen molar-refractivity contribution >= 4 is 5.91 Å². The number of nitrogens with zero attached hydrogens (tertiary/aromatic N) is 2. The summed E-state index contributed by atoms with van der Waals surface area (Å²) in [5.74, 6) is -0.164. The van der Waals surface area contributed by atoms with Gasteiger partial charge < -0.3 is 10.4 Å². The van der Waals surface area contributed by atoms with E-state index in [1.165, 1.54) is 5.56 Å². The average Bonchev–Trinajstić information content (AvgIpc) is 3.20. The molecule has 2 aliphatic rings. The number of benzene rings is 1. The van der Waals surface area contributed by atoms with Gasteiger partial charge >= 0.3 is 0 Å². The van der Waals surface area contributed by atoms with Crippen LogP contribution in [0, 0.1) is 0 Å². The summed E-state index contributed by atoms with van der Waals surface area (Å²) in [6, 6.07) is 8.38. The summed E-state index contributed by atoms with van der Waals surface area (Å²) >= 11 is 0. The third-order valence-corrected chi connectivity index (χ3v) is 5.60. The molecule has 4 rings (SSSR count). The van der Waals surface area contributed by atoms with Crippen LogP contribution >= 0.6 is 0 Å². The molecule has 25 heavy (non-hydrogen) atoms. The van der Waals surface area contributed by atoms with Crippen molar-refractivity contribution in [2.75, 3.05) is 6.54 Å². The van der Waals surface area contributed by atoms with E-state index in [-0.39, 0.29) is 5.91 Å². The summed E-state index contributed by atoms with van der Waals surface area (Å²) in [4.78, 5) is 12.6.